The van der Waals surface area contributed by atoms with Crippen molar-refractivity contribution in [3.63, 3.8) is 0 Å². The van der Waals surface area contributed by atoms with Crippen LogP contribution in [-0.4, -0.2) is 86.6 Å². The molecule has 2 fully saturated rings. The van der Waals surface area contributed by atoms with E-state index in [-0.39, 0.29) is 22.5 Å². The number of fused-ring (bicyclic) bond motifs is 2. The maximum atomic E-state index is 12.3. The Morgan fingerprint density at radius 3 is 2.05 bits per heavy atom. The molecular formula is C31H44N4O5S. The highest BCUT2D eigenvalue weighted by Crippen LogP contribution is 2.22. The van der Waals surface area contributed by atoms with Crippen LogP contribution in [0.5, 0.6) is 0 Å². The van der Waals surface area contributed by atoms with Crippen LogP contribution in [0.15, 0.2) is 41.3 Å². The van der Waals surface area contributed by atoms with Gasteiger partial charge in [-0.1, -0.05) is 38.5 Å². The largest absolute Gasteiger partial charge is 0.385 e. The van der Waals surface area contributed by atoms with Gasteiger partial charge in [0.15, 0.2) is 5.78 Å². The number of ether oxygens (including phenoxy) is 1. The SMILES string of the molecule is CC(C)(C)C(=O)CN1CC2CN(CCCNc3ccc(C#N)cc3)CC(C1)O2.Cc1cc(C)c(S(=O)(=O)O)c(C)c1. The van der Waals surface area contributed by atoms with E-state index < -0.39 is 10.1 Å². The summed E-state index contributed by atoms with van der Waals surface area (Å²) in [5.74, 6) is 0.304. The second kappa shape index (κ2) is 13.9. The number of benzene rings is 2. The van der Waals surface area contributed by atoms with Crippen LogP contribution >= 0.6 is 0 Å². The molecule has 41 heavy (non-hydrogen) atoms. The van der Waals surface area contributed by atoms with Crippen LogP contribution < -0.4 is 5.32 Å². The van der Waals surface area contributed by atoms with Crippen LogP contribution in [0.25, 0.3) is 0 Å². The Morgan fingerprint density at radius 1 is 1.02 bits per heavy atom. The second-order valence-corrected chi connectivity index (χ2v) is 13.5. The Morgan fingerprint density at radius 2 is 1.56 bits per heavy atom. The first-order valence-electron chi connectivity index (χ1n) is 14.1. The standard InChI is InChI=1S/C22H32N4O2.C9H12O3S/c1-22(2,3)21(27)16-26-14-19-12-25(13-20(15-26)28-19)10-4-9-24-18-7-5-17(11-23)6-8-18;1-6-4-7(2)9(8(3)5-6)13(10,11)12/h5-8,19-20,24H,4,9-10,12-16H2,1-3H3;4-5H,1-3H3,(H,10,11,12). The van der Waals surface area contributed by atoms with Crippen LogP contribution in [0.2, 0.25) is 0 Å². The minimum atomic E-state index is -4.08. The first-order chi connectivity index (χ1) is 19.2. The number of nitrogens with one attached hydrogen (secondary N) is 1. The van der Waals surface area contributed by atoms with E-state index in [1.807, 2.05) is 52.0 Å². The summed E-state index contributed by atoms with van der Waals surface area (Å²) >= 11 is 0. The molecule has 2 aromatic rings. The maximum Gasteiger partial charge on any atom is 0.295 e. The lowest BCUT2D eigenvalue weighted by molar-refractivity contribution is -0.147. The van der Waals surface area contributed by atoms with Gasteiger partial charge in [0.25, 0.3) is 10.1 Å². The van der Waals surface area contributed by atoms with Crippen LogP contribution in [0.4, 0.5) is 5.69 Å². The van der Waals surface area contributed by atoms with Crippen molar-refractivity contribution in [2.45, 2.75) is 65.1 Å². The normalized spacial score (nSPS) is 19.6. The van der Waals surface area contributed by atoms with E-state index in [1.54, 1.807) is 26.0 Å². The molecule has 0 aliphatic carbocycles. The molecule has 9 nitrogen and oxygen atoms in total. The quantitative estimate of drug-likeness (QED) is 0.347. The summed E-state index contributed by atoms with van der Waals surface area (Å²) in [6.45, 7) is 17.2. The molecule has 224 valence electrons. The van der Waals surface area contributed by atoms with E-state index in [4.69, 9.17) is 14.6 Å². The van der Waals surface area contributed by atoms with Gasteiger partial charge >= 0.3 is 0 Å². The molecule has 0 aromatic heterocycles. The summed E-state index contributed by atoms with van der Waals surface area (Å²) < 4.78 is 36.9. The molecule has 0 saturated carbocycles. The van der Waals surface area contributed by atoms with Gasteiger partial charge in [-0.05, 0) is 62.6 Å². The van der Waals surface area contributed by atoms with Gasteiger partial charge < -0.3 is 10.1 Å². The maximum absolute atomic E-state index is 12.3. The van der Waals surface area contributed by atoms with Gasteiger partial charge in [-0.25, -0.2) is 0 Å². The topological polar surface area (TPSA) is 123 Å². The fourth-order valence-corrected chi connectivity index (χ4v) is 6.32. The average Bonchev–Trinajstić information content (AvgIpc) is 2.85. The first-order valence-corrected chi connectivity index (χ1v) is 15.5. The smallest absolute Gasteiger partial charge is 0.295 e. The summed E-state index contributed by atoms with van der Waals surface area (Å²) in [6, 6.07) is 13.2. The molecule has 2 N–H and O–H groups in total. The van der Waals surface area contributed by atoms with Crippen molar-refractivity contribution >= 4 is 21.6 Å². The third-order valence-corrected chi connectivity index (χ3v) is 8.45. The van der Waals surface area contributed by atoms with Gasteiger partial charge in [0, 0.05) is 50.4 Å². The van der Waals surface area contributed by atoms with E-state index >= 15 is 0 Å². The molecular weight excluding hydrogens is 540 g/mol. The molecule has 0 spiro atoms. The van der Waals surface area contributed by atoms with Gasteiger partial charge in [-0.15, -0.1) is 0 Å². The molecule has 2 heterocycles. The van der Waals surface area contributed by atoms with Gasteiger partial charge in [-0.3, -0.25) is 19.1 Å². The minimum absolute atomic E-state index is 0.0260. The average molecular weight is 585 g/mol. The van der Waals surface area contributed by atoms with Crippen LogP contribution in [0.3, 0.4) is 0 Å². The second-order valence-electron chi connectivity index (χ2n) is 12.2. The number of hydrogen-bond donors (Lipinski definition) is 2. The Balaban J connectivity index is 0.000000298. The lowest BCUT2D eigenvalue weighted by Crippen LogP contribution is -2.60. The van der Waals surface area contributed by atoms with E-state index in [1.165, 1.54) is 0 Å². The number of morpholine rings is 2. The van der Waals surface area contributed by atoms with Crippen molar-refractivity contribution in [2.24, 2.45) is 5.41 Å². The lowest BCUT2D eigenvalue weighted by atomic mass is 9.90. The fourth-order valence-electron chi connectivity index (χ4n) is 5.38. The van der Waals surface area contributed by atoms with E-state index in [9.17, 15) is 13.2 Å². The highest BCUT2D eigenvalue weighted by atomic mass is 32.2. The number of aryl methyl sites for hydroxylation is 3. The number of nitrogens with zero attached hydrogens (tertiary/aromatic N) is 3. The number of hydrogen-bond acceptors (Lipinski definition) is 8. The van der Waals surface area contributed by atoms with E-state index in [0.717, 1.165) is 56.9 Å². The summed E-state index contributed by atoms with van der Waals surface area (Å²) in [7, 11) is -4.08. The fraction of sp³-hybridized carbons (Fsp3) is 0.548. The molecule has 4 rings (SSSR count). The molecule has 10 heteroatoms. The molecule has 2 atom stereocenters. The third-order valence-electron chi connectivity index (χ3n) is 7.29. The zero-order valence-corrected chi connectivity index (χ0v) is 25.9. The summed E-state index contributed by atoms with van der Waals surface area (Å²) in [4.78, 5) is 17.1. The van der Waals surface area contributed by atoms with Crippen molar-refractivity contribution < 1.29 is 22.5 Å². The van der Waals surface area contributed by atoms with Gasteiger partial charge in [0.2, 0.25) is 0 Å². The summed E-state index contributed by atoms with van der Waals surface area (Å²) in [5.41, 5.74) is 3.62. The zero-order chi connectivity index (χ0) is 30.4. The number of carbonyl (C=O) groups excluding carboxylic acids is 1. The molecule has 2 saturated heterocycles. The molecule has 2 bridgehead atoms. The molecule has 0 radical (unpaired) electrons. The van der Waals surface area contributed by atoms with Gasteiger partial charge in [-0.2, -0.15) is 13.7 Å². The van der Waals surface area contributed by atoms with Crippen molar-refractivity contribution in [1.82, 2.24) is 9.80 Å². The molecule has 0 amide bonds. The van der Waals surface area contributed by atoms with Crippen LogP contribution in [0, 0.1) is 37.5 Å². The van der Waals surface area contributed by atoms with Crippen molar-refractivity contribution in [3.8, 4) is 6.07 Å². The number of nitriles is 1. The highest BCUT2D eigenvalue weighted by Gasteiger charge is 2.36. The summed E-state index contributed by atoms with van der Waals surface area (Å²) in [6.07, 6.45) is 1.46. The van der Waals surface area contributed by atoms with Crippen LogP contribution in [0.1, 0.15) is 49.4 Å². The number of carbonyl (C=O) groups is 1. The van der Waals surface area contributed by atoms with E-state index in [2.05, 4.69) is 21.2 Å². The van der Waals surface area contributed by atoms with Gasteiger partial charge in [0.1, 0.15) is 0 Å². The Bertz CT molecular complexity index is 1310. The zero-order valence-electron chi connectivity index (χ0n) is 25.1. The van der Waals surface area contributed by atoms with E-state index in [0.29, 0.717) is 29.0 Å². The van der Waals surface area contributed by atoms with Crippen LogP contribution in [-0.2, 0) is 19.6 Å². The first kappa shape index (κ1) is 32.7. The number of anilines is 1. The third kappa shape index (κ3) is 9.90. The number of ketones is 1. The Kier molecular flexibility index (Phi) is 11.1. The number of rotatable bonds is 8. The van der Waals surface area contributed by atoms with Crippen molar-refractivity contribution in [3.05, 3.63) is 58.7 Å². The lowest BCUT2D eigenvalue weighted by Gasteiger charge is -2.46. The monoisotopic (exact) mass is 584 g/mol. The minimum Gasteiger partial charge on any atom is -0.385 e. The predicted octanol–water partition coefficient (Wildman–Crippen LogP) is 4.22. The molecule has 2 unspecified atom stereocenters. The molecule has 2 aliphatic heterocycles. The highest BCUT2D eigenvalue weighted by molar-refractivity contribution is 7.86. The van der Waals surface area contributed by atoms with Crippen molar-refractivity contribution in [2.75, 3.05) is 51.1 Å². The van der Waals surface area contributed by atoms with Gasteiger partial charge in [0.05, 0.1) is 35.3 Å². The Labute approximate surface area is 245 Å². The molecule has 2 aromatic carbocycles. The number of Topliss-reactive ketones (excluding diaryl/α,β-unsaturated/α-hetero) is 1. The summed E-state index contributed by atoms with van der Waals surface area (Å²) in [5, 5.41) is 12.3. The molecule has 2 aliphatic rings. The van der Waals surface area contributed by atoms with Crippen molar-refractivity contribution in [1.29, 1.82) is 5.26 Å². The predicted molar refractivity (Wildman–Crippen MR) is 161 cm³/mol. The Hall–Kier alpha value is -2.81.